The van der Waals surface area contributed by atoms with Crippen LogP contribution in [0.5, 0.6) is 11.5 Å². The Labute approximate surface area is 170 Å². The lowest BCUT2D eigenvalue weighted by Gasteiger charge is -2.15. The average molecular weight is 415 g/mol. The van der Waals surface area contributed by atoms with Crippen LogP contribution >= 0.6 is 11.3 Å². The fraction of sp³-hybridized carbons (Fsp3) is 0.238. The van der Waals surface area contributed by atoms with E-state index in [1.165, 1.54) is 6.07 Å². The molecule has 0 saturated carbocycles. The van der Waals surface area contributed by atoms with Crippen LogP contribution in [0.15, 0.2) is 36.4 Å². The second-order valence-corrected chi connectivity index (χ2v) is 7.70. The first-order valence-electron chi connectivity index (χ1n) is 8.97. The number of esters is 1. The van der Waals surface area contributed by atoms with Crippen LogP contribution in [-0.2, 0) is 9.53 Å². The molecule has 1 amide bonds. The minimum absolute atomic E-state index is 0.177. The van der Waals surface area contributed by atoms with Crippen LogP contribution in [0, 0.1) is 12.7 Å². The second kappa shape index (κ2) is 7.71. The maximum Gasteiger partial charge on any atom is 0.349 e. The first kappa shape index (κ1) is 19.2. The number of rotatable bonds is 5. The van der Waals surface area contributed by atoms with Crippen LogP contribution in [0.1, 0.15) is 33.8 Å². The normalized spacial score (nSPS) is 13.3. The lowest BCUT2D eigenvalue weighted by molar-refractivity contribution is -0.124. The monoisotopic (exact) mass is 415 g/mol. The van der Waals surface area contributed by atoms with E-state index < -0.39 is 18.5 Å². The fourth-order valence-corrected chi connectivity index (χ4v) is 4.31. The van der Waals surface area contributed by atoms with Crippen molar-refractivity contribution in [1.82, 2.24) is 5.32 Å². The minimum atomic E-state index is -0.644. The molecule has 1 aromatic heterocycles. The van der Waals surface area contributed by atoms with E-state index in [0.717, 1.165) is 16.9 Å². The van der Waals surface area contributed by atoms with Crippen molar-refractivity contribution >= 4 is 33.3 Å². The van der Waals surface area contributed by atoms with E-state index in [9.17, 15) is 14.0 Å². The molecule has 150 valence electrons. The Morgan fingerprint density at radius 3 is 2.83 bits per heavy atom. The summed E-state index contributed by atoms with van der Waals surface area (Å²) in [5.41, 5.74) is 1.35. The largest absolute Gasteiger partial charge is 0.454 e. The van der Waals surface area contributed by atoms with Crippen LogP contribution in [0.25, 0.3) is 10.1 Å². The number of halogens is 1. The highest BCUT2D eigenvalue weighted by Crippen LogP contribution is 2.34. The molecule has 0 spiro atoms. The zero-order valence-corrected chi connectivity index (χ0v) is 16.6. The topological polar surface area (TPSA) is 73.9 Å². The van der Waals surface area contributed by atoms with Gasteiger partial charge in [0.25, 0.3) is 5.91 Å². The maximum atomic E-state index is 14.0. The molecule has 0 unspecified atom stereocenters. The molecular weight excluding hydrogens is 397 g/mol. The summed E-state index contributed by atoms with van der Waals surface area (Å²) in [6.07, 6.45) is 0. The molecule has 8 heteroatoms. The van der Waals surface area contributed by atoms with E-state index in [2.05, 4.69) is 5.32 Å². The zero-order chi connectivity index (χ0) is 20.5. The van der Waals surface area contributed by atoms with Crippen LogP contribution < -0.4 is 14.8 Å². The van der Waals surface area contributed by atoms with E-state index in [-0.39, 0.29) is 18.7 Å². The molecule has 4 rings (SSSR count). The van der Waals surface area contributed by atoms with Gasteiger partial charge in [0.05, 0.1) is 6.04 Å². The highest BCUT2D eigenvalue weighted by molar-refractivity contribution is 7.21. The van der Waals surface area contributed by atoms with Gasteiger partial charge >= 0.3 is 5.97 Å². The van der Waals surface area contributed by atoms with E-state index >= 15 is 0 Å². The Morgan fingerprint density at radius 2 is 2.03 bits per heavy atom. The number of hydrogen-bond acceptors (Lipinski definition) is 6. The summed E-state index contributed by atoms with van der Waals surface area (Å²) in [7, 11) is 0. The third-order valence-electron chi connectivity index (χ3n) is 4.70. The lowest BCUT2D eigenvalue weighted by Crippen LogP contribution is -2.31. The summed E-state index contributed by atoms with van der Waals surface area (Å²) < 4.78 is 30.4. The van der Waals surface area contributed by atoms with Gasteiger partial charge in [-0.2, -0.15) is 0 Å². The van der Waals surface area contributed by atoms with Crippen LogP contribution in [0.2, 0.25) is 0 Å². The molecule has 1 atom stereocenters. The summed E-state index contributed by atoms with van der Waals surface area (Å²) >= 11 is 1.15. The number of benzene rings is 2. The van der Waals surface area contributed by atoms with Crippen LogP contribution in [-0.4, -0.2) is 25.3 Å². The molecule has 29 heavy (non-hydrogen) atoms. The highest BCUT2D eigenvalue weighted by atomic mass is 32.1. The molecule has 0 radical (unpaired) electrons. The SMILES string of the molecule is Cc1c(C(=O)OCC(=O)N[C@H](C)c2ccc3c(c2)OCO3)sc2cccc(F)c12. The lowest BCUT2D eigenvalue weighted by atomic mass is 10.1. The van der Waals surface area contributed by atoms with Crippen molar-refractivity contribution < 1.29 is 28.2 Å². The molecule has 2 heterocycles. The first-order valence-corrected chi connectivity index (χ1v) is 9.79. The van der Waals surface area contributed by atoms with Crippen molar-refractivity contribution in [3.8, 4) is 11.5 Å². The van der Waals surface area contributed by atoms with Crippen molar-refractivity contribution in [1.29, 1.82) is 0 Å². The van der Waals surface area contributed by atoms with Crippen molar-refractivity contribution in [2.24, 2.45) is 0 Å². The third-order valence-corrected chi connectivity index (χ3v) is 5.93. The molecule has 2 aromatic carbocycles. The molecule has 3 aromatic rings. The van der Waals surface area contributed by atoms with E-state index in [0.29, 0.717) is 32.0 Å². The number of carbonyl (C=O) groups is 2. The third kappa shape index (κ3) is 3.75. The average Bonchev–Trinajstić information content (AvgIpc) is 3.30. The Balaban J connectivity index is 1.38. The van der Waals surface area contributed by atoms with Gasteiger partial charge in [-0.1, -0.05) is 12.1 Å². The molecule has 0 aliphatic carbocycles. The summed E-state index contributed by atoms with van der Waals surface area (Å²) in [6, 6.07) is 9.79. The number of fused-ring (bicyclic) bond motifs is 2. The van der Waals surface area contributed by atoms with Gasteiger partial charge in [0.1, 0.15) is 10.7 Å². The molecule has 0 saturated heterocycles. The molecule has 1 aliphatic rings. The van der Waals surface area contributed by atoms with Gasteiger partial charge in [0.15, 0.2) is 18.1 Å². The van der Waals surface area contributed by atoms with E-state index in [1.807, 2.05) is 13.0 Å². The van der Waals surface area contributed by atoms with Crippen molar-refractivity contribution in [2.45, 2.75) is 19.9 Å². The standard InChI is InChI=1S/C21H18FNO5S/c1-11-19-14(22)4-3-5-17(19)29-20(11)21(25)26-9-18(24)23-12(2)13-6-7-15-16(8-13)28-10-27-15/h3-8,12H,9-10H2,1-2H3,(H,23,24)/t12-/m1/s1. The summed E-state index contributed by atoms with van der Waals surface area (Å²) in [5.74, 6) is -0.174. The summed E-state index contributed by atoms with van der Waals surface area (Å²) in [4.78, 5) is 24.9. The molecular formula is C21H18FNO5S. The molecule has 1 aliphatic heterocycles. The molecule has 0 bridgehead atoms. The van der Waals surface area contributed by atoms with Gasteiger partial charge in [0, 0.05) is 10.1 Å². The highest BCUT2D eigenvalue weighted by Gasteiger charge is 2.21. The first-order chi connectivity index (χ1) is 13.9. The molecule has 0 fully saturated rings. The number of ether oxygens (including phenoxy) is 3. The van der Waals surface area contributed by atoms with Gasteiger partial charge in [-0.15, -0.1) is 11.3 Å². The second-order valence-electron chi connectivity index (χ2n) is 6.65. The van der Waals surface area contributed by atoms with E-state index in [1.54, 1.807) is 31.2 Å². The Bertz CT molecular complexity index is 1110. The van der Waals surface area contributed by atoms with Crippen molar-refractivity contribution in [3.05, 3.63) is 58.2 Å². The Kier molecular flexibility index (Phi) is 5.10. The van der Waals surface area contributed by atoms with Crippen molar-refractivity contribution in [2.75, 3.05) is 13.4 Å². The van der Waals surface area contributed by atoms with Crippen LogP contribution in [0.4, 0.5) is 4.39 Å². The number of aryl methyl sites for hydroxylation is 1. The van der Waals surface area contributed by atoms with Gasteiger partial charge in [-0.05, 0) is 49.2 Å². The number of hydrogen-bond donors (Lipinski definition) is 1. The van der Waals surface area contributed by atoms with Gasteiger partial charge < -0.3 is 19.5 Å². The number of thiophene rings is 1. The summed E-state index contributed by atoms with van der Waals surface area (Å²) in [6.45, 7) is 3.23. The predicted octanol–water partition coefficient (Wildman–Crippen LogP) is 4.11. The van der Waals surface area contributed by atoms with Crippen molar-refractivity contribution in [3.63, 3.8) is 0 Å². The molecule has 1 N–H and O–H groups in total. The van der Waals surface area contributed by atoms with Gasteiger partial charge in [-0.3, -0.25) is 4.79 Å². The van der Waals surface area contributed by atoms with E-state index in [4.69, 9.17) is 14.2 Å². The quantitative estimate of drug-likeness (QED) is 0.635. The number of carbonyl (C=O) groups excluding carboxylic acids is 2. The predicted molar refractivity (Wildman–Crippen MR) is 106 cm³/mol. The number of amides is 1. The number of nitrogens with one attached hydrogen (secondary N) is 1. The minimum Gasteiger partial charge on any atom is -0.454 e. The van der Waals surface area contributed by atoms with Gasteiger partial charge in [0.2, 0.25) is 6.79 Å². The van der Waals surface area contributed by atoms with Gasteiger partial charge in [-0.25, -0.2) is 9.18 Å². The summed E-state index contributed by atoms with van der Waals surface area (Å²) in [5, 5.41) is 3.18. The smallest absolute Gasteiger partial charge is 0.349 e. The van der Waals surface area contributed by atoms with Crippen LogP contribution in [0.3, 0.4) is 0 Å². The molecule has 6 nitrogen and oxygen atoms in total. The Hall–Kier alpha value is -3.13. The maximum absolute atomic E-state index is 14.0. The Morgan fingerprint density at radius 1 is 1.24 bits per heavy atom. The fourth-order valence-electron chi connectivity index (χ4n) is 3.19. The zero-order valence-electron chi connectivity index (χ0n) is 15.8.